The number of thiocarbonyl (C=S) groups is 1. The molecule has 0 atom stereocenters. The summed E-state index contributed by atoms with van der Waals surface area (Å²) >= 11 is 5.32. The lowest BCUT2D eigenvalue weighted by atomic mass is 10.00. The van der Waals surface area contributed by atoms with Gasteiger partial charge in [-0.05, 0) is 50.0 Å². The van der Waals surface area contributed by atoms with E-state index in [0.717, 1.165) is 18.5 Å². The van der Waals surface area contributed by atoms with Crippen LogP contribution in [-0.4, -0.2) is 10.8 Å². The molecule has 1 saturated carbocycles. The molecule has 0 bridgehead atoms. The van der Waals surface area contributed by atoms with Crippen LogP contribution in [0.1, 0.15) is 70.6 Å². The lowest BCUT2D eigenvalue weighted by Gasteiger charge is -2.11. The molecule has 0 aromatic heterocycles. The van der Waals surface area contributed by atoms with Crippen molar-refractivity contribution in [1.82, 2.24) is 5.43 Å². The summed E-state index contributed by atoms with van der Waals surface area (Å²) in [4.78, 5) is 0. The first-order valence-corrected chi connectivity index (χ1v) is 9.43. The minimum Gasteiger partial charge on any atom is -0.331 e. The fourth-order valence-corrected chi connectivity index (χ4v) is 3.11. The van der Waals surface area contributed by atoms with Crippen LogP contribution in [0.2, 0.25) is 0 Å². The Morgan fingerprint density at radius 1 is 0.783 bits per heavy atom. The quantitative estimate of drug-likeness (QED) is 0.544. The Bertz CT molecular complexity index is 471. The van der Waals surface area contributed by atoms with Crippen molar-refractivity contribution in [3.05, 3.63) is 30.3 Å². The molecule has 2 rings (SSSR count). The summed E-state index contributed by atoms with van der Waals surface area (Å²) in [6.07, 6.45) is 14.3. The topological polar surface area (TPSA) is 36.4 Å². The second kappa shape index (κ2) is 11.2. The van der Waals surface area contributed by atoms with Crippen LogP contribution in [0.25, 0.3) is 0 Å². The number of nitrogens with zero attached hydrogens (tertiary/aromatic N) is 1. The second-order valence-electron chi connectivity index (χ2n) is 6.29. The van der Waals surface area contributed by atoms with E-state index >= 15 is 0 Å². The van der Waals surface area contributed by atoms with Crippen LogP contribution in [0.3, 0.4) is 0 Å². The van der Waals surface area contributed by atoms with Crippen molar-refractivity contribution in [2.75, 3.05) is 5.32 Å². The molecule has 4 heteroatoms. The molecule has 1 aliphatic rings. The Morgan fingerprint density at radius 2 is 1.30 bits per heavy atom. The molecule has 3 nitrogen and oxygen atoms in total. The first kappa shape index (κ1) is 17.9. The van der Waals surface area contributed by atoms with Gasteiger partial charge < -0.3 is 5.32 Å². The number of rotatable bonds is 2. The predicted octanol–water partition coefficient (Wildman–Crippen LogP) is 5.63. The maximum Gasteiger partial charge on any atom is 0.191 e. The molecule has 1 aromatic carbocycles. The monoisotopic (exact) mass is 331 g/mol. The fourth-order valence-electron chi connectivity index (χ4n) is 2.94. The molecule has 23 heavy (non-hydrogen) atoms. The largest absolute Gasteiger partial charge is 0.331 e. The zero-order valence-electron chi connectivity index (χ0n) is 14.0. The minimum absolute atomic E-state index is 0.565. The van der Waals surface area contributed by atoms with Crippen molar-refractivity contribution in [3.63, 3.8) is 0 Å². The Hall–Kier alpha value is -1.42. The number of nitrogens with one attached hydrogen (secondary N) is 2. The summed E-state index contributed by atoms with van der Waals surface area (Å²) < 4.78 is 0. The van der Waals surface area contributed by atoms with Gasteiger partial charge in [-0.25, -0.2) is 0 Å². The maximum absolute atomic E-state index is 5.32. The van der Waals surface area contributed by atoms with Crippen LogP contribution in [0, 0.1) is 0 Å². The summed E-state index contributed by atoms with van der Waals surface area (Å²) in [5.74, 6) is 0. The van der Waals surface area contributed by atoms with Crippen molar-refractivity contribution >= 4 is 28.7 Å². The van der Waals surface area contributed by atoms with Crippen molar-refractivity contribution in [2.45, 2.75) is 70.6 Å². The summed E-state index contributed by atoms with van der Waals surface area (Å²) in [6, 6.07) is 9.97. The van der Waals surface area contributed by atoms with Gasteiger partial charge in [0, 0.05) is 11.4 Å². The molecule has 0 radical (unpaired) electrons. The van der Waals surface area contributed by atoms with Crippen molar-refractivity contribution in [2.24, 2.45) is 5.10 Å². The zero-order valence-corrected chi connectivity index (χ0v) is 14.8. The molecule has 0 saturated heterocycles. The van der Waals surface area contributed by atoms with Gasteiger partial charge >= 0.3 is 0 Å². The van der Waals surface area contributed by atoms with E-state index < -0.39 is 0 Å². The average Bonchev–Trinajstić information content (AvgIpc) is 2.55. The van der Waals surface area contributed by atoms with E-state index in [1.54, 1.807) is 0 Å². The lowest BCUT2D eigenvalue weighted by Crippen LogP contribution is -2.25. The third-order valence-electron chi connectivity index (χ3n) is 4.28. The van der Waals surface area contributed by atoms with E-state index in [1.165, 1.54) is 63.5 Å². The Kier molecular flexibility index (Phi) is 8.70. The minimum atomic E-state index is 0.565. The van der Waals surface area contributed by atoms with Gasteiger partial charge in [-0.1, -0.05) is 63.1 Å². The highest BCUT2D eigenvalue weighted by atomic mass is 32.1. The standard InChI is InChI=1S/C19H29N3S/c23-19(20-17-13-11-8-12-14-17)22-21-18-15-9-6-4-2-1-3-5-7-10-16-18/h8,11-14H,1-7,9-10,15-16H2,(H2,20,22,23). The van der Waals surface area contributed by atoms with Crippen LogP contribution < -0.4 is 10.7 Å². The molecule has 0 spiro atoms. The van der Waals surface area contributed by atoms with Gasteiger partial charge in [-0.15, -0.1) is 0 Å². The van der Waals surface area contributed by atoms with Gasteiger partial charge in [0.2, 0.25) is 0 Å². The summed E-state index contributed by atoms with van der Waals surface area (Å²) in [7, 11) is 0. The molecular weight excluding hydrogens is 302 g/mol. The summed E-state index contributed by atoms with van der Waals surface area (Å²) in [6.45, 7) is 0. The number of hydrogen-bond donors (Lipinski definition) is 2. The van der Waals surface area contributed by atoms with Crippen molar-refractivity contribution < 1.29 is 0 Å². The molecule has 126 valence electrons. The number of para-hydroxylation sites is 1. The van der Waals surface area contributed by atoms with E-state index in [2.05, 4.69) is 15.8 Å². The number of anilines is 1. The number of hydrogen-bond acceptors (Lipinski definition) is 2. The van der Waals surface area contributed by atoms with E-state index in [9.17, 15) is 0 Å². The van der Waals surface area contributed by atoms with Gasteiger partial charge in [-0.3, -0.25) is 5.43 Å². The molecular formula is C19H29N3S. The van der Waals surface area contributed by atoms with Crippen molar-refractivity contribution in [3.8, 4) is 0 Å². The van der Waals surface area contributed by atoms with E-state index in [-0.39, 0.29) is 0 Å². The van der Waals surface area contributed by atoms with Crippen LogP contribution in [0.5, 0.6) is 0 Å². The highest BCUT2D eigenvalue weighted by Crippen LogP contribution is 2.15. The first-order chi connectivity index (χ1) is 11.3. The third-order valence-corrected chi connectivity index (χ3v) is 4.47. The Labute approximate surface area is 145 Å². The normalized spacial score (nSPS) is 17.5. The van der Waals surface area contributed by atoms with E-state index in [0.29, 0.717) is 5.11 Å². The Balaban J connectivity index is 1.80. The maximum atomic E-state index is 5.32. The molecule has 0 amide bonds. The van der Waals surface area contributed by atoms with Gasteiger partial charge in [0.15, 0.2) is 5.11 Å². The van der Waals surface area contributed by atoms with Crippen LogP contribution in [0.15, 0.2) is 35.4 Å². The van der Waals surface area contributed by atoms with Gasteiger partial charge in [0.25, 0.3) is 0 Å². The SMILES string of the molecule is S=C(NN=C1CCCCCCCCCCC1)Nc1ccccc1. The molecule has 0 heterocycles. The molecule has 1 aromatic rings. The van der Waals surface area contributed by atoms with Crippen molar-refractivity contribution in [1.29, 1.82) is 0 Å². The smallest absolute Gasteiger partial charge is 0.191 e. The Morgan fingerprint density at radius 3 is 1.87 bits per heavy atom. The van der Waals surface area contributed by atoms with Crippen LogP contribution in [0.4, 0.5) is 5.69 Å². The second-order valence-corrected chi connectivity index (χ2v) is 6.70. The number of benzene rings is 1. The zero-order chi connectivity index (χ0) is 16.2. The predicted molar refractivity (Wildman–Crippen MR) is 104 cm³/mol. The highest BCUT2D eigenvalue weighted by molar-refractivity contribution is 7.80. The van der Waals surface area contributed by atoms with Gasteiger partial charge in [0.05, 0.1) is 0 Å². The first-order valence-electron chi connectivity index (χ1n) is 9.02. The van der Waals surface area contributed by atoms with Gasteiger partial charge in [0.1, 0.15) is 0 Å². The van der Waals surface area contributed by atoms with Crippen LogP contribution >= 0.6 is 12.2 Å². The molecule has 2 N–H and O–H groups in total. The molecule has 1 fully saturated rings. The van der Waals surface area contributed by atoms with E-state index in [1.807, 2.05) is 30.3 Å². The van der Waals surface area contributed by atoms with Gasteiger partial charge in [-0.2, -0.15) is 5.10 Å². The van der Waals surface area contributed by atoms with Crippen LogP contribution in [-0.2, 0) is 0 Å². The fraction of sp³-hybridized carbons (Fsp3) is 0.579. The molecule has 0 aliphatic heterocycles. The average molecular weight is 332 g/mol. The highest BCUT2D eigenvalue weighted by Gasteiger charge is 2.04. The molecule has 0 unspecified atom stereocenters. The molecule has 1 aliphatic carbocycles. The summed E-state index contributed by atoms with van der Waals surface area (Å²) in [5.41, 5.74) is 5.28. The number of hydrazone groups is 1. The lowest BCUT2D eigenvalue weighted by molar-refractivity contribution is 0.555. The third kappa shape index (κ3) is 8.12. The summed E-state index contributed by atoms with van der Waals surface area (Å²) in [5, 5.41) is 8.30. The van der Waals surface area contributed by atoms with E-state index in [4.69, 9.17) is 12.2 Å².